The van der Waals surface area contributed by atoms with Gasteiger partial charge in [-0.15, -0.1) is 6.42 Å². The van der Waals surface area contributed by atoms with Crippen molar-refractivity contribution in [1.82, 2.24) is 0 Å². The molecule has 0 aliphatic rings. The van der Waals surface area contributed by atoms with Gasteiger partial charge in [0, 0.05) is 0 Å². The standard InChI is InChI=1S/C5H8O5SSi/c1-2-4(11(7,8)9)3-5(6)10-12/h1,4H,3H2,12H3,(H,7,8,9). The maximum absolute atomic E-state index is 10.6. The third-order valence-electron chi connectivity index (χ3n) is 1.13. The number of hydrogen-bond acceptors (Lipinski definition) is 4. The van der Waals surface area contributed by atoms with Crippen LogP contribution in [0.2, 0.25) is 0 Å². The van der Waals surface area contributed by atoms with Crippen LogP contribution in [0, 0.1) is 12.3 Å². The second-order valence-corrected chi connectivity index (χ2v) is 3.96. The monoisotopic (exact) mass is 208 g/mol. The minimum absolute atomic E-state index is 0.173. The minimum Gasteiger partial charge on any atom is -0.529 e. The Labute approximate surface area is 73.4 Å². The molecule has 0 radical (unpaired) electrons. The van der Waals surface area contributed by atoms with Crippen LogP contribution in [0.4, 0.5) is 0 Å². The summed E-state index contributed by atoms with van der Waals surface area (Å²) in [5.41, 5.74) is 0. The van der Waals surface area contributed by atoms with E-state index in [-0.39, 0.29) is 10.5 Å². The molecule has 0 heterocycles. The number of carbonyl (C=O) groups excluding carboxylic acids is 1. The zero-order chi connectivity index (χ0) is 9.78. The average molecular weight is 208 g/mol. The zero-order valence-electron chi connectivity index (χ0n) is 6.35. The van der Waals surface area contributed by atoms with Crippen molar-refractivity contribution in [1.29, 1.82) is 0 Å². The maximum atomic E-state index is 10.6. The van der Waals surface area contributed by atoms with Crippen LogP contribution in [0.5, 0.6) is 0 Å². The maximum Gasteiger partial charge on any atom is 0.294 e. The van der Waals surface area contributed by atoms with E-state index >= 15 is 0 Å². The molecular weight excluding hydrogens is 200 g/mol. The van der Waals surface area contributed by atoms with Crippen molar-refractivity contribution in [3.05, 3.63) is 0 Å². The van der Waals surface area contributed by atoms with E-state index < -0.39 is 27.8 Å². The molecule has 1 unspecified atom stereocenters. The Hall–Kier alpha value is -0.843. The van der Waals surface area contributed by atoms with E-state index in [4.69, 9.17) is 11.0 Å². The van der Waals surface area contributed by atoms with Gasteiger partial charge in [-0.3, -0.25) is 9.35 Å². The molecule has 68 valence electrons. The van der Waals surface area contributed by atoms with Gasteiger partial charge >= 0.3 is 0 Å². The number of carbonyl (C=O) groups is 1. The van der Waals surface area contributed by atoms with Crippen LogP contribution in [0.1, 0.15) is 6.42 Å². The summed E-state index contributed by atoms with van der Waals surface area (Å²) in [6.45, 7) is 0. The third kappa shape index (κ3) is 3.52. The molecule has 5 nitrogen and oxygen atoms in total. The van der Waals surface area contributed by atoms with Crippen molar-refractivity contribution in [2.45, 2.75) is 11.7 Å². The first-order valence-corrected chi connectivity index (χ1v) is 5.23. The highest BCUT2D eigenvalue weighted by atomic mass is 32.2. The summed E-state index contributed by atoms with van der Waals surface area (Å²) in [5.74, 6) is 1.06. The Bertz CT molecular complexity index is 300. The lowest BCUT2D eigenvalue weighted by Crippen LogP contribution is -2.22. The summed E-state index contributed by atoms with van der Waals surface area (Å²) in [6, 6.07) is 0. The fraction of sp³-hybridized carbons (Fsp3) is 0.400. The quantitative estimate of drug-likeness (QED) is 0.332. The van der Waals surface area contributed by atoms with Crippen LogP contribution < -0.4 is 0 Å². The van der Waals surface area contributed by atoms with Crippen LogP contribution in [0.15, 0.2) is 0 Å². The van der Waals surface area contributed by atoms with Crippen molar-refractivity contribution < 1.29 is 22.2 Å². The molecule has 1 N–H and O–H groups in total. The van der Waals surface area contributed by atoms with Gasteiger partial charge in [0.2, 0.25) is 10.5 Å². The number of terminal acetylenes is 1. The largest absolute Gasteiger partial charge is 0.529 e. The first kappa shape index (κ1) is 11.2. The predicted octanol–water partition coefficient (Wildman–Crippen LogP) is -1.91. The Kier molecular flexibility index (Phi) is 3.95. The fourth-order valence-corrected chi connectivity index (χ4v) is 1.17. The van der Waals surface area contributed by atoms with E-state index in [0.29, 0.717) is 0 Å². The van der Waals surface area contributed by atoms with Gasteiger partial charge in [-0.2, -0.15) is 8.42 Å². The van der Waals surface area contributed by atoms with E-state index in [9.17, 15) is 13.2 Å². The summed E-state index contributed by atoms with van der Waals surface area (Å²) < 4.78 is 33.6. The Morgan fingerprint density at radius 2 is 2.25 bits per heavy atom. The lowest BCUT2D eigenvalue weighted by molar-refractivity contribution is -0.133. The first-order chi connectivity index (χ1) is 5.41. The lowest BCUT2D eigenvalue weighted by atomic mass is 10.3. The minimum atomic E-state index is -4.34. The van der Waals surface area contributed by atoms with Crippen molar-refractivity contribution in [2.24, 2.45) is 0 Å². The molecule has 1 atom stereocenters. The topological polar surface area (TPSA) is 80.7 Å². The summed E-state index contributed by atoms with van der Waals surface area (Å²) in [6.07, 6.45) is 4.28. The Balaban J connectivity index is 4.44. The van der Waals surface area contributed by atoms with E-state index in [1.165, 1.54) is 0 Å². The van der Waals surface area contributed by atoms with Gasteiger partial charge in [-0.05, 0) is 0 Å². The molecule has 0 bridgehead atoms. The van der Waals surface area contributed by atoms with Crippen LogP contribution in [-0.2, 0) is 19.3 Å². The van der Waals surface area contributed by atoms with Gasteiger partial charge in [-0.1, -0.05) is 5.92 Å². The fourth-order valence-electron chi connectivity index (χ4n) is 0.485. The summed E-state index contributed by atoms with van der Waals surface area (Å²) >= 11 is 0. The van der Waals surface area contributed by atoms with Crippen molar-refractivity contribution in [3.63, 3.8) is 0 Å². The van der Waals surface area contributed by atoms with E-state index in [0.717, 1.165) is 0 Å². The van der Waals surface area contributed by atoms with E-state index in [2.05, 4.69) is 4.43 Å². The van der Waals surface area contributed by atoms with Gasteiger partial charge in [0.05, 0.1) is 6.42 Å². The highest BCUT2D eigenvalue weighted by molar-refractivity contribution is 7.86. The normalized spacial score (nSPS) is 13.3. The molecule has 0 fully saturated rings. The van der Waals surface area contributed by atoms with Crippen molar-refractivity contribution >= 4 is 26.6 Å². The SMILES string of the molecule is C#CC(CC(=O)O[SiH3])S(=O)(=O)O. The van der Waals surface area contributed by atoms with Gasteiger partial charge in [0.25, 0.3) is 16.1 Å². The van der Waals surface area contributed by atoms with E-state index in [1.54, 1.807) is 5.92 Å². The Morgan fingerprint density at radius 1 is 1.75 bits per heavy atom. The second-order valence-electron chi connectivity index (χ2n) is 1.95. The van der Waals surface area contributed by atoms with Gasteiger partial charge < -0.3 is 4.43 Å². The smallest absolute Gasteiger partial charge is 0.294 e. The molecule has 0 aromatic rings. The van der Waals surface area contributed by atoms with Crippen LogP contribution in [-0.4, -0.2) is 34.7 Å². The second kappa shape index (κ2) is 4.25. The highest BCUT2D eigenvalue weighted by Gasteiger charge is 2.23. The number of rotatable bonds is 3. The van der Waals surface area contributed by atoms with Crippen LogP contribution in [0.25, 0.3) is 0 Å². The lowest BCUT2D eigenvalue weighted by Gasteiger charge is -2.04. The van der Waals surface area contributed by atoms with Gasteiger partial charge in [0.15, 0.2) is 5.25 Å². The summed E-state index contributed by atoms with van der Waals surface area (Å²) in [7, 11) is -4.17. The van der Waals surface area contributed by atoms with Crippen molar-refractivity contribution in [3.8, 4) is 12.3 Å². The highest BCUT2D eigenvalue weighted by Crippen LogP contribution is 2.03. The summed E-state index contributed by atoms with van der Waals surface area (Å²) in [4.78, 5) is 10.6. The first-order valence-electron chi connectivity index (χ1n) is 2.91. The van der Waals surface area contributed by atoms with Gasteiger partial charge in [-0.25, -0.2) is 0 Å². The third-order valence-corrected chi connectivity index (χ3v) is 2.60. The summed E-state index contributed by atoms with van der Waals surface area (Å²) in [5, 5.41) is -1.50. The molecule has 0 aliphatic heterocycles. The van der Waals surface area contributed by atoms with Crippen LogP contribution in [0.3, 0.4) is 0 Å². The molecule has 0 rings (SSSR count). The molecule has 0 saturated heterocycles. The molecule has 0 aromatic carbocycles. The predicted molar refractivity (Wildman–Crippen MR) is 44.8 cm³/mol. The van der Waals surface area contributed by atoms with Crippen molar-refractivity contribution in [2.75, 3.05) is 0 Å². The molecular formula is C5H8O5SSi. The van der Waals surface area contributed by atoms with Crippen LogP contribution >= 0.6 is 0 Å². The molecule has 0 spiro atoms. The molecule has 7 heteroatoms. The molecule has 0 aromatic heterocycles. The van der Waals surface area contributed by atoms with Gasteiger partial charge in [0.1, 0.15) is 0 Å². The molecule has 0 aliphatic carbocycles. The average Bonchev–Trinajstić information content (AvgIpc) is 1.97. The van der Waals surface area contributed by atoms with E-state index in [1.807, 2.05) is 0 Å². The molecule has 0 amide bonds. The zero-order valence-corrected chi connectivity index (χ0v) is 9.17. The Morgan fingerprint density at radius 3 is 2.50 bits per heavy atom. The number of hydrogen-bond donors (Lipinski definition) is 1. The molecule has 0 saturated carbocycles. The molecule has 12 heavy (non-hydrogen) atoms.